The quantitative estimate of drug-likeness (QED) is 0.407. The van der Waals surface area contributed by atoms with Crippen molar-refractivity contribution in [1.29, 1.82) is 0 Å². The molecule has 0 aliphatic rings. The Hall–Kier alpha value is -3.85. The fourth-order valence-corrected chi connectivity index (χ4v) is 3.77. The second-order valence-electron chi connectivity index (χ2n) is 6.64. The SMILES string of the molecule is COc1ccc(NC(=O)CSc2nnc(-c3ccncc3)n2-c2ccc(OC)cc2)cc1. The van der Waals surface area contributed by atoms with E-state index in [4.69, 9.17) is 9.47 Å². The highest BCUT2D eigenvalue weighted by Crippen LogP contribution is 2.28. The summed E-state index contributed by atoms with van der Waals surface area (Å²) >= 11 is 1.31. The van der Waals surface area contributed by atoms with Gasteiger partial charge in [0.05, 0.1) is 20.0 Å². The van der Waals surface area contributed by atoms with E-state index in [9.17, 15) is 4.79 Å². The number of amides is 1. The number of hydrogen-bond donors (Lipinski definition) is 1. The van der Waals surface area contributed by atoms with Crippen LogP contribution in [0.5, 0.6) is 11.5 Å². The molecule has 0 spiro atoms. The van der Waals surface area contributed by atoms with Crippen LogP contribution in [0.15, 0.2) is 78.2 Å². The molecule has 0 bridgehead atoms. The number of ether oxygens (including phenoxy) is 2. The molecule has 0 aliphatic carbocycles. The topological polar surface area (TPSA) is 91.2 Å². The highest BCUT2D eigenvalue weighted by molar-refractivity contribution is 7.99. The smallest absolute Gasteiger partial charge is 0.234 e. The van der Waals surface area contributed by atoms with E-state index in [1.165, 1.54) is 11.8 Å². The lowest BCUT2D eigenvalue weighted by atomic mass is 10.2. The van der Waals surface area contributed by atoms with Crippen LogP contribution in [0.2, 0.25) is 0 Å². The van der Waals surface area contributed by atoms with Crippen LogP contribution in [-0.4, -0.2) is 45.6 Å². The molecule has 0 radical (unpaired) electrons. The Morgan fingerprint density at radius 2 is 1.53 bits per heavy atom. The number of carbonyl (C=O) groups is 1. The fraction of sp³-hybridized carbons (Fsp3) is 0.130. The number of anilines is 1. The molecule has 1 amide bonds. The van der Waals surface area contributed by atoms with Crippen LogP contribution in [-0.2, 0) is 4.79 Å². The average Bonchev–Trinajstić information content (AvgIpc) is 3.28. The van der Waals surface area contributed by atoms with Gasteiger partial charge in [0.15, 0.2) is 11.0 Å². The molecule has 4 aromatic rings. The molecule has 9 heteroatoms. The van der Waals surface area contributed by atoms with Gasteiger partial charge in [-0.3, -0.25) is 14.3 Å². The molecule has 0 aliphatic heterocycles. The first-order chi connectivity index (χ1) is 15.7. The maximum absolute atomic E-state index is 12.5. The first kappa shape index (κ1) is 21.4. The summed E-state index contributed by atoms with van der Waals surface area (Å²) in [6.45, 7) is 0. The maximum Gasteiger partial charge on any atom is 0.234 e. The van der Waals surface area contributed by atoms with Crippen LogP contribution in [0, 0.1) is 0 Å². The highest BCUT2D eigenvalue weighted by Gasteiger charge is 2.17. The fourth-order valence-electron chi connectivity index (χ4n) is 3.02. The number of nitrogens with one attached hydrogen (secondary N) is 1. The lowest BCUT2D eigenvalue weighted by Gasteiger charge is -2.11. The molecule has 0 saturated carbocycles. The van der Waals surface area contributed by atoms with Crippen molar-refractivity contribution in [1.82, 2.24) is 19.7 Å². The Morgan fingerprint density at radius 3 is 2.16 bits per heavy atom. The van der Waals surface area contributed by atoms with Crippen LogP contribution in [0.1, 0.15) is 0 Å². The summed E-state index contributed by atoms with van der Waals surface area (Å²) in [5.74, 6) is 2.18. The summed E-state index contributed by atoms with van der Waals surface area (Å²) in [6.07, 6.45) is 3.41. The first-order valence-corrected chi connectivity index (χ1v) is 10.7. The molecule has 0 fully saturated rings. The van der Waals surface area contributed by atoms with Gasteiger partial charge in [-0.15, -0.1) is 10.2 Å². The van der Waals surface area contributed by atoms with Crippen molar-refractivity contribution in [3.05, 3.63) is 73.1 Å². The third-order valence-electron chi connectivity index (χ3n) is 4.61. The number of aromatic nitrogens is 4. The zero-order chi connectivity index (χ0) is 22.3. The van der Waals surface area contributed by atoms with Crippen molar-refractivity contribution >= 4 is 23.4 Å². The van der Waals surface area contributed by atoms with Gasteiger partial charge in [0, 0.05) is 29.3 Å². The van der Waals surface area contributed by atoms with Crippen molar-refractivity contribution in [3.8, 4) is 28.6 Å². The minimum atomic E-state index is -0.144. The monoisotopic (exact) mass is 447 g/mol. The number of methoxy groups -OCH3 is 2. The second kappa shape index (κ2) is 9.97. The van der Waals surface area contributed by atoms with E-state index in [-0.39, 0.29) is 11.7 Å². The van der Waals surface area contributed by atoms with Crippen molar-refractivity contribution in [2.45, 2.75) is 5.16 Å². The zero-order valence-corrected chi connectivity index (χ0v) is 18.4. The van der Waals surface area contributed by atoms with Crippen molar-refractivity contribution in [2.24, 2.45) is 0 Å². The molecule has 8 nitrogen and oxygen atoms in total. The van der Waals surface area contributed by atoms with Crippen LogP contribution < -0.4 is 14.8 Å². The molecule has 162 valence electrons. The zero-order valence-electron chi connectivity index (χ0n) is 17.6. The van der Waals surface area contributed by atoms with Crippen LogP contribution in [0.4, 0.5) is 5.69 Å². The van der Waals surface area contributed by atoms with Gasteiger partial charge >= 0.3 is 0 Å². The highest BCUT2D eigenvalue weighted by atomic mass is 32.2. The number of benzene rings is 2. The van der Waals surface area contributed by atoms with Crippen molar-refractivity contribution < 1.29 is 14.3 Å². The third-order valence-corrected chi connectivity index (χ3v) is 5.54. The van der Waals surface area contributed by atoms with Crippen molar-refractivity contribution in [2.75, 3.05) is 25.3 Å². The van der Waals surface area contributed by atoms with Gasteiger partial charge in [0.2, 0.25) is 5.91 Å². The van der Waals surface area contributed by atoms with E-state index in [1.807, 2.05) is 41.0 Å². The lowest BCUT2D eigenvalue weighted by molar-refractivity contribution is -0.113. The third kappa shape index (κ3) is 4.89. The summed E-state index contributed by atoms with van der Waals surface area (Å²) in [5, 5.41) is 12.2. The largest absolute Gasteiger partial charge is 0.497 e. The van der Waals surface area contributed by atoms with Crippen LogP contribution in [0.3, 0.4) is 0 Å². The molecule has 0 saturated heterocycles. The Bertz CT molecular complexity index is 1180. The van der Waals surface area contributed by atoms with Crippen molar-refractivity contribution in [3.63, 3.8) is 0 Å². The first-order valence-electron chi connectivity index (χ1n) is 9.75. The van der Waals surface area contributed by atoms with E-state index in [0.717, 1.165) is 22.7 Å². The Balaban J connectivity index is 1.56. The van der Waals surface area contributed by atoms with Gasteiger partial charge in [-0.1, -0.05) is 11.8 Å². The summed E-state index contributed by atoms with van der Waals surface area (Å²) in [4.78, 5) is 16.6. The number of nitrogens with zero attached hydrogens (tertiary/aromatic N) is 4. The van der Waals surface area contributed by atoms with Gasteiger partial charge in [-0.05, 0) is 60.7 Å². The number of rotatable bonds is 8. The molecule has 0 atom stereocenters. The number of carbonyl (C=O) groups excluding carboxylic acids is 1. The maximum atomic E-state index is 12.5. The van der Waals surface area contributed by atoms with E-state index < -0.39 is 0 Å². The number of thioether (sulfide) groups is 1. The predicted octanol–water partition coefficient (Wildman–Crippen LogP) is 4.08. The summed E-state index contributed by atoms with van der Waals surface area (Å²) in [6, 6.07) is 18.5. The molecule has 2 aromatic heterocycles. The van der Waals surface area contributed by atoms with E-state index in [0.29, 0.717) is 16.7 Å². The average molecular weight is 448 g/mol. The summed E-state index contributed by atoms with van der Waals surface area (Å²) in [5.41, 5.74) is 2.43. The molecule has 2 aromatic carbocycles. The number of pyridine rings is 1. The van der Waals surface area contributed by atoms with Crippen LogP contribution in [0.25, 0.3) is 17.1 Å². The summed E-state index contributed by atoms with van der Waals surface area (Å²) < 4.78 is 12.3. The Kier molecular flexibility index (Phi) is 6.66. The van der Waals surface area contributed by atoms with E-state index >= 15 is 0 Å². The van der Waals surface area contributed by atoms with Gasteiger partial charge in [0.1, 0.15) is 11.5 Å². The molecular formula is C23H21N5O3S. The van der Waals surface area contributed by atoms with Gasteiger partial charge < -0.3 is 14.8 Å². The molecule has 2 heterocycles. The molecule has 32 heavy (non-hydrogen) atoms. The van der Waals surface area contributed by atoms with Crippen LogP contribution >= 0.6 is 11.8 Å². The minimum Gasteiger partial charge on any atom is -0.497 e. The molecular weight excluding hydrogens is 426 g/mol. The predicted molar refractivity (Wildman–Crippen MR) is 123 cm³/mol. The Labute approximate surface area is 189 Å². The van der Waals surface area contributed by atoms with E-state index in [1.54, 1.807) is 50.9 Å². The minimum absolute atomic E-state index is 0.144. The second-order valence-corrected chi connectivity index (χ2v) is 7.58. The molecule has 4 rings (SSSR count). The normalized spacial score (nSPS) is 10.6. The summed E-state index contributed by atoms with van der Waals surface area (Å²) in [7, 11) is 3.22. The Morgan fingerprint density at radius 1 is 0.906 bits per heavy atom. The molecule has 1 N–H and O–H groups in total. The lowest BCUT2D eigenvalue weighted by Crippen LogP contribution is -2.14. The van der Waals surface area contributed by atoms with Gasteiger partial charge in [0.25, 0.3) is 0 Å². The van der Waals surface area contributed by atoms with Gasteiger partial charge in [-0.2, -0.15) is 0 Å². The van der Waals surface area contributed by atoms with Gasteiger partial charge in [-0.25, -0.2) is 0 Å². The number of hydrogen-bond acceptors (Lipinski definition) is 7. The van der Waals surface area contributed by atoms with E-state index in [2.05, 4.69) is 20.5 Å². The molecule has 0 unspecified atom stereocenters. The standard InChI is InChI=1S/C23H21N5O3S/c1-30-19-7-3-17(4-8-19)25-21(29)15-32-23-27-26-22(16-11-13-24-14-12-16)28(23)18-5-9-20(31-2)10-6-18/h3-14H,15H2,1-2H3,(H,25,29).